The normalized spacial score (nSPS) is 37.5. The van der Waals surface area contributed by atoms with E-state index in [2.05, 4.69) is 0 Å². The second-order valence-electron chi connectivity index (χ2n) is 1.78. The molecule has 0 bridgehead atoms. The van der Waals surface area contributed by atoms with E-state index in [-0.39, 0.29) is 0 Å². The lowest BCUT2D eigenvalue weighted by atomic mass is 10.2. The number of hydrogen-bond acceptors (Lipinski definition) is 0. The lowest BCUT2D eigenvalue weighted by molar-refractivity contribution is -0.884. The first kappa shape index (κ1) is 1.25. The zero-order valence-electron chi connectivity index (χ0n) is 21.4. The standard InChI is InChI=1S/C10H16N/c1-11(2,3)9-10-7-5-4-6-8-10/h4-8H,9H2,1-3H3/q+1/i1D3,2D3,3D3,4D,5D,6D,7D,8D,9D2. The molecule has 0 unspecified atom stereocenters. The van der Waals surface area contributed by atoms with Crippen molar-refractivity contribution < 1.29 is 26.4 Å². The third kappa shape index (κ3) is 3.19. The Kier molecular flexibility index (Phi) is 0.348. The van der Waals surface area contributed by atoms with Crippen molar-refractivity contribution >= 4 is 0 Å². The third-order valence-electron chi connectivity index (χ3n) is 0.780. The van der Waals surface area contributed by atoms with Crippen LogP contribution in [0.3, 0.4) is 0 Å². The van der Waals surface area contributed by atoms with Gasteiger partial charge in [-0.2, -0.15) is 0 Å². The summed E-state index contributed by atoms with van der Waals surface area (Å²) >= 11 is 0. The maximum atomic E-state index is 8.18. The fourth-order valence-corrected chi connectivity index (χ4v) is 0.474. The summed E-state index contributed by atoms with van der Waals surface area (Å²) in [6.07, 6.45) is 0. The molecule has 0 saturated heterocycles. The van der Waals surface area contributed by atoms with Gasteiger partial charge in [-0.05, 0) is 0 Å². The molecular formula is C10H16N+. The van der Waals surface area contributed by atoms with Crippen molar-refractivity contribution in [1.82, 2.24) is 0 Å². The van der Waals surface area contributed by atoms with Crippen LogP contribution in [0, 0.1) is 0 Å². The van der Waals surface area contributed by atoms with Gasteiger partial charge >= 0.3 is 0 Å². The summed E-state index contributed by atoms with van der Waals surface area (Å²) < 4.78 is 119. The SMILES string of the molecule is [2H]c1c([2H])c([2H])c(C([2H])([2H])[N+](C([2H])([2H])[2H])(C([2H])([2H])[2H])C([2H])([2H])[2H])c([2H])c1[2H]. The monoisotopic (exact) mass is 166 g/mol. The van der Waals surface area contributed by atoms with Gasteiger partial charge in [0, 0.05) is 5.56 Å². The lowest BCUT2D eigenvalue weighted by Crippen LogP contribution is -2.33. The number of benzene rings is 1. The molecule has 0 aromatic heterocycles. The van der Waals surface area contributed by atoms with Crippen LogP contribution in [0.1, 0.15) is 27.5 Å². The van der Waals surface area contributed by atoms with Crippen LogP contribution in [0.15, 0.2) is 30.2 Å². The Bertz CT molecular complexity index is 672. The molecule has 1 aromatic rings. The van der Waals surface area contributed by atoms with Gasteiger partial charge in [0.15, 0.2) is 0 Å². The molecule has 0 amide bonds. The number of nitrogens with zero attached hydrogens (tertiary/aromatic N) is 1. The highest BCUT2D eigenvalue weighted by molar-refractivity contribution is 5.13. The van der Waals surface area contributed by atoms with Crippen molar-refractivity contribution in [1.29, 1.82) is 0 Å². The molecule has 0 spiro atoms. The van der Waals surface area contributed by atoms with E-state index in [1.54, 1.807) is 0 Å². The Morgan fingerprint density at radius 2 is 2.00 bits per heavy atom. The molecule has 1 rings (SSSR count). The van der Waals surface area contributed by atoms with E-state index < -0.39 is 67.7 Å². The zero-order valence-corrected chi connectivity index (χ0v) is 5.45. The van der Waals surface area contributed by atoms with Crippen molar-refractivity contribution in [2.75, 3.05) is 20.9 Å². The maximum Gasteiger partial charge on any atom is 0.104 e. The zero-order chi connectivity index (χ0) is 22.0. The van der Waals surface area contributed by atoms with Crippen LogP contribution >= 0.6 is 0 Å². The molecule has 1 aromatic carbocycles. The van der Waals surface area contributed by atoms with E-state index in [0.29, 0.717) is 0 Å². The van der Waals surface area contributed by atoms with Gasteiger partial charge in [-0.15, -0.1) is 0 Å². The van der Waals surface area contributed by atoms with Gasteiger partial charge in [-0.25, -0.2) is 0 Å². The van der Waals surface area contributed by atoms with Gasteiger partial charge in [0.1, 0.15) is 6.50 Å². The minimum absolute atomic E-state index is 0.931. The highest BCUT2D eigenvalue weighted by Crippen LogP contribution is 2.04. The summed E-state index contributed by atoms with van der Waals surface area (Å²) in [5.74, 6) is 0. The summed E-state index contributed by atoms with van der Waals surface area (Å²) in [5, 5.41) is 0. The summed E-state index contributed by atoms with van der Waals surface area (Å²) in [6.45, 7) is -16.0. The molecule has 0 saturated carbocycles. The fourth-order valence-electron chi connectivity index (χ4n) is 0.474. The second-order valence-corrected chi connectivity index (χ2v) is 1.78. The molecule has 1 nitrogen and oxygen atoms in total. The smallest absolute Gasteiger partial charge is 0.104 e. The Hall–Kier alpha value is -0.820. The molecule has 0 N–H and O–H groups in total. The van der Waals surface area contributed by atoms with Gasteiger partial charge in [0.2, 0.25) is 0 Å². The average Bonchev–Trinajstić information content (AvgIpc) is 2.37. The van der Waals surface area contributed by atoms with E-state index in [1.807, 2.05) is 0 Å². The van der Waals surface area contributed by atoms with Crippen LogP contribution < -0.4 is 0 Å². The van der Waals surface area contributed by atoms with Crippen LogP contribution in [0.5, 0.6) is 0 Å². The molecule has 0 aliphatic carbocycles. The predicted octanol–water partition coefficient (Wildman–Crippen LogP) is 1.89. The van der Waals surface area contributed by atoms with Gasteiger partial charge in [-0.1, -0.05) is 30.2 Å². The molecule has 1 heteroatoms. The molecule has 0 radical (unpaired) electrons. The predicted molar refractivity (Wildman–Crippen MR) is 48.2 cm³/mol. The van der Waals surface area contributed by atoms with Gasteiger partial charge in [0.05, 0.1) is 42.9 Å². The Morgan fingerprint density at radius 3 is 2.55 bits per heavy atom. The quantitative estimate of drug-likeness (QED) is 0.589. The second kappa shape index (κ2) is 3.05. The van der Waals surface area contributed by atoms with E-state index in [1.165, 1.54) is 0 Å². The van der Waals surface area contributed by atoms with Gasteiger partial charge in [0.25, 0.3) is 0 Å². The van der Waals surface area contributed by atoms with Crippen LogP contribution in [-0.2, 0) is 6.50 Å². The Labute approximate surface area is 91.3 Å². The highest BCUT2D eigenvalue weighted by Gasteiger charge is 2.06. The van der Waals surface area contributed by atoms with Crippen molar-refractivity contribution in [2.24, 2.45) is 0 Å². The minimum Gasteiger partial charge on any atom is -0.327 e. The molecule has 0 atom stereocenters. The van der Waals surface area contributed by atoms with Crippen LogP contribution in [0.4, 0.5) is 0 Å². The number of hydrogen-bond donors (Lipinski definition) is 0. The Morgan fingerprint density at radius 1 is 1.36 bits per heavy atom. The van der Waals surface area contributed by atoms with Crippen molar-refractivity contribution in [3.05, 3.63) is 35.8 Å². The molecule has 60 valence electrons. The number of rotatable bonds is 2. The average molecular weight is 166 g/mol. The fraction of sp³-hybridized carbons (Fsp3) is 0.400. The first-order valence-electron chi connectivity index (χ1n) is 10.6. The summed E-state index contributed by atoms with van der Waals surface area (Å²) in [5.41, 5.74) is -1.36. The molecule has 0 aliphatic rings. The summed E-state index contributed by atoms with van der Waals surface area (Å²) in [7, 11) is 0. The number of quaternary nitrogens is 1. The molecule has 0 heterocycles. The maximum absolute atomic E-state index is 8.18. The van der Waals surface area contributed by atoms with Crippen molar-refractivity contribution in [3.8, 4) is 0 Å². The largest absolute Gasteiger partial charge is 0.327 e. The molecule has 0 fully saturated rings. The van der Waals surface area contributed by atoms with Crippen molar-refractivity contribution in [3.63, 3.8) is 0 Å². The van der Waals surface area contributed by atoms with Crippen LogP contribution in [0.25, 0.3) is 0 Å². The first-order valence-corrected chi connectivity index (χ1v) is 2.64. The highest BCUT2D eigenvalue weighted by atomic mass is 15.3. The van der Waals surface area contributed by atoms with E-state index in [9.17, 15) is 0 Å². The van der Waals surface area contributed by atoms with Gasteiger partial charge in [-0.3, -0.25) is 0 Å². The Balaban J connectivity index is 4.25. The summed E-state index contributed by atoms with van der Waals surface area (Å²) in [6, 6.07) is -5.51. The lowest BCUT2D eigenvalue weighted by Gasteiger charge is -2.23. The van der Waals surface area contributed by atoms with E-state index in [4.69, 9.17) is 21.9 Å². The van der Waals surface area contributed by atoms with Crippen LogP contribution in [0.2, 0.25) is 0 Å². The van der Waals surface area contributed by atoms with E-state index >= 15 is 0 Å². The van der Waals surface area contributed by atoms with E-state index in [0.717, 1.165) is 0 Å². The molecule has 11 heavy (non-hydrogen) atoms. The molecular weight excluding hydrogens is 134 g/mol. The minimum atomic E-state index is -4.01. The topological polar surface area (TPSA) is 0 Å². The van der Waals surface area contributed by atoms with Crippen molar-refractivity contribution in [2.45, 2.75) is 6.50 Å². The molecule has 0 aliphatic heterocycles. The first-order chi connectivity index (χ1) is 11.7. The third-order valence-corrected chi connectivity index (χ3v) is 0.780. The summed E-state index contributed by atoms with van der Waals surface area (Å²) in [4.78, 5) is 0. The van der Waals surface area contributed by atoms with Gasteiger partial charge < -0.3 is 4.48 Å². The van der Waals surface area contributed by atoms with Crippen LogP contribution in [-0.4, -0.2) is 25.4 Å².